The fraction of sp³-hybridized carbons (Fsp3) is 0.763. The molecule has 2 aliphatic heterocycles. The van der Waals surface area contributed by atoms with Gasteiger partial charge >= 0.3 is 0 Å². The van der Waals surface area contributed by atoms with Crippen molar-refractivity contribution in [1.82, 2.24) is 4.90 Å². The van der Waals surface area contributed by atoms with Crippen LogP contribution in [0, 0.1) is 22.7 Å². The quantitative estimate of drug-likeness (QED) is 0.0828. The monoisotopic (exact) mass is 807 g/mol. The Morgan fingerprint density at radius 1 is 0.804 bits per heavy atom. The molecule has 6 atom stereocenters. The molecule has 288 valence electrons. The molecule has 0 bridgehead atoms. The average molecular weight is 809 g/mol. The van der Waals surface area contributed by atoms with Crippen molar-refractivity contribution >= 4 is 60.8 Å². The fourth-order valence-corrected chi connectivity index (χ4v) is 12.0. The second kappa shape index (κ2) is 16.5. The number of fused-ring (bicyclic) bond motifs is 2. The zero-order chi connectivity index (χ0) is 37.4. The van der Waals surface area contributed by atoms with Gasteiger partial charge < -0.3 is 4.90 Å². The summed E-state index contributed by atoms with van der Waals surface area (Å²) in [5.41, 5.74) is 4.48. The lowest BCUT2D eigenvalue weighted by Crippen LogP contribution is -2.38. The van der Waals surface area contributed by atoms with Crippen molar-refractivity contribution in [3.8, 4) is 0 Å². The van der Waals surface area contributed by atoms with Crippen LogP contribution in [0.5, 0.6) is 0 Å². The van der Waals surface area contributed by atoms with Crippen LogP contribution >= 0.6 is 34.8 Å². The molecule has 0 radical (unpaired) electrons. The molecule has 2 saturated carbocycles. The zero-order valence-electron chi connectivity index (χ0n) is 30.7. The summed E-state index contributed by atoms with van der Waals surface area (Å²) in [6.07, 6.45) is 19.6. The van der Waals surface area contributed by atoms with Gasteiger partial charge in [0, 0.05) is 64.3 Å². The van der Waals surface area contributed by atoms with Gasteiger partial charge in [0.2, 0.25) is 0 Å². The Hall–Kier alpha value is -0.880. The van der Waals surface area contributed by atoms with Crippen molar-refractivity contribution in [1.29, 1.82) is 0 Å². The fourth-order valence-electron chi connectivity index (χ4n) is 9.88. The number of hydrogen-bond acceptors (Lipinski definition) is 5. The first-order chi connectivity index (χ1) is 23.8. The standard InChI is InChI=1S/C38H57Cl3N2O6S2/c1-37(2)30-24-28(39)14-16-32(30)42(20-5-7-22-50(44,45)46)34(37)18-12-26-10-9-11-27(36(26)41)13-19-35-38(3,4)31-25-29(40)15-17-33(31)43(35)21-6-8-23-51(47,48)49/h12-13,18-19,28-33H,5-11,14-17,20-25H2,1-4H3,(H-,44,45,46,47,48,49)/p+1. The summed E-state index contributed by atoms with van der Waals surface area (Å²) < 4.78 is 66.5. The van der Waals surface area contributed by atoms with Crippen molar-refractivity contribution in [2.45, 2.75) is 134 Å². The third-order valence-electron chi connectivity index (χ3n) is 12.5. The molecule has 0 spiro atoms. The lowest BCUT2D eigenvalue weighted by atomic mass is 9.69. The van der Waals surface area contributed by atoms with Crippen LogP contribution in [-0.4, -0.2) is 88.6 Å². The van der Waals surface area contributed by atoms with Gasteiger partial charge in [-0.3, -0.25) is 9.11 Å². The molecule has 3 aliphatic carbocycles. The van der Waals surface area contributed by atoms with Crippen molar-refractivity contribution in [3.05, 3.63) is 46.2 Å². The Morgan fingerprint density at radius 3 is 2.10 bits per heavy atom. The molecule has 2 N–H and O–H groups in total. The van der Waals surface area contributed by atoms with E-state index in [9.17, 15) is 25.9 Å². The summed E-state index contributed by atoms with van der Waals surface area (Å²) in [7, 11) is -7.97. The van der Waals surface area contributed by atoms with E-state index in [-0.39, 0.29) is 33.1 Å². The van der Waals surface area contributed by atoms with Crippen LogP contribution < -0.4 is 0 Å². The Labute approximate surface area is 321 Å². The molecule has 0 aromatic carbocycles. The molecule has 51 heavy (non-hydrogen) atoms. The first kappa shape index (κ1) is 41.3. The van der Waals surface area contributed by atoms with Gasteiger partial charge in [0.25, 0.3) is 20.2 Å². The molecule has 5 rings (SSSR count). The van der Waals surface area contributed by atoms with Gasteiger partial charge in [-0.25, -0.2) is 4.58 Å². The van der Waals surface area contributed by atoms with Crippen LogP contribution in [0.2, 0.25) is 0 Å². The molecule has 0 aromatic rings. The van der Waals surface area contributed by atoms with E-state index in [1.54, 1.807) is 0 Å². The van der Waals surface area contributed by atoms with Crippen LogP contribution in [-0.2, 0) is 20.2 Å². The maximum Gasteiger partial charge on any atom is 0.264 e. The summed E-state index contributed by atoms with van der Waals surface area (Å²) in [6.45, 7) is 10.7. The van der Waals surface area contributed by atoms with Gasteiger partial charge in [0.1, 0.15) is 6.54 Å². The highest BCUT2D eigenvalue weighted by Gasteiger charge is 2.55. The van der Waals surface area contributed by atoms with E-state index in [1.807, 2.05) is 0 Å². The lowest BCUT2D eigenvalue weighted by Gasteiger charge is -2.36. The highest BCUT2D eigenvalue weighted by Crippen LogP contribution is 2.54. The van der Waals surface area contributed by atoms with Gasteiger partial charge in [-0.05, 0) is 108 Å². The molecule has 1 saturated heterocycles. The zero-order valence-corrected chi connectivity index (χ0v) is 34.6. The minimum atomic E-state index is -3.98. The Kier molecular flexibility index (Phi) is 13.3. The molecule has 13 heteroatoms. The molecule has 3 fully saturated rings. The van der Waals surface area contributed by atoms with E-state index in [0.717, 1.165) is 87.1 Å². The number of halogens is 3. The van der Waals surface area contributed by atoms with Gasteiger partial charge in [0.05, 0.1) is 16.9 Å². The smallest absolute Gasteiger partial charge is 0.264 e. The van der Waals surface area contributed by atoms with E-state index in [0.29, 0.717) is 49.6 Å². The molecule has 8 nitrogen and oxygen atoms in total. The van der Waals surface area contributed by atoms with Gasteiger partial charge in [-0.1, -0.05) is 37.6 Å². The molecule has 6 unspecified atom stereocenters. The highest BCUT2D eigenvalue weighted by molar-refractivity contribution is 7.86. The molecular weight excluding hydrogens is 751 g/mol. The third-order valence-corrected chi connectivity index (χ3v) is 15.4. The molecule has 0 amide bonds. The second-order valence-corrected chi connectivity index (χ2v) is 21.4. The van der Waals surface area contributed by atoms with Crippen LogP contribution in [0.3, 0.4) is 0 Å². The van der Waals surface area contributed by atoms with Crippen molar-refractivity contribution < 1.29 is 30.5 Å². The highest BCUT2D eigenvalue weighted by atomic mass is 35.5. The average Bonchev–Trinajstić information content (AvgIpc) is 3.36. The predicted octanol–water partition coefficient (Wildman–Crippen LogP) is 8.75. The number of unbranched alkanes of at least 4 members (excludes halogenated alkanes) is 2. The van der Waals surface area contributed by atoms with Crippen molar-refractivity contribution in [2.24, 2.45) is 22.7 Å². The Morgan fingerprint density at radius 2 is 1.43 bits per heavy atom. The number of hydrogen-bond donors (Lipinski definition) is 2. The number of nitrogens with zero attached hydrogens (tertiary/aromatic N) is 2. The summed E-state index contributed by atoms with van der Waals surface area (Å²) in [5, 5.41) is 1.10. The van der Waals surface area contributed by atoms with Gasteiger partial charge in [-0.2, -0.15) is 16.8 Å². The van der Waals surface area contributed by atoms with E-state index < -0.39 is 20.2 Å². The van der Waals surface area contributed by atoms with E-state index in [2.05, 4.69) is 61.5 Å². The van der Waals surface area contributed by atoms with E-state index >= 15 is 0 Å². The molecule has 5 aliphatic rings. The largest absolute Gasteiger partial charge is 0.371 e. The molecule has 2 heterocycles. The second-order valence-electron chi connectivity index (χ2n) is 16.6. The number of likely N-dealkylation sites (tertiary alicyclic amines) is 1. The maximum absolute atomic E-state index is 11.4. The van der Waals surface area contributed by atoms with Crippen LogP contribution in [0.15, 0.2) is 46.2 Å². The topological polar surface area (TPSA) is 115 Å². The number of rotatable bonds is 13. The van der Waals surface area contributed by atoms with Crippen LogP contribution in [0.4, 0.5) is 0 Å². The van der Waals surface area contributed by atoms with Gasteiger partial charge in [0.15, 0.2) is 11.8 Å². The first-order valence-corrected chi connectivity index (χ1v) is 23.3. The number of allylic oxidation sites excluding steroid dienone is 8. The third kappa shape index (κ3) is 9.87. The van der Waals surface area contributed by atoms with Crippen LogP contribution in [0.1, 0.15) is 111 Å². The predicted molar refractivity (Wildman–Crippen MR) is 209 cm³/mol. The Balaban J connectivity index is 1.42. The summed E-state index contributed by atoms with van der Waals surface area (Å²) in [6, 6.07) is 0.698. The Bertz CT molecular complexity index is 1680. The normalized spacial score (nSPS) is 32.8. The summed E-state index contributed by atoms with van der Waals surface area (Å²) in [5.74, 6) is 0.352. The van der Waals surface area contributed by atoms with Crippen molar-refractivity contribution in [2.75, 3.05) is 24.6 Å². The van der Waals surface area contributed by atoms with Crippen molar-refractivity contribution in [3.63, 3.8) is 0 Å². The number of alkyl halides is 2. The summed E-state index contributed by atoms with van der Waals surface area (Å²) in [4.78, 5) is 2.48. The molecule has 0 aromatic heterocycles. The SMILES string of the molecule is CC1(C)C(/C=C/C2=C(Cl)C(=C/C=C3/N(CCCCS(=O)(=O)O)C4CCC(Cl)CC4C3(C)C)/CCC2)=[N+](CCCCS(=O)(=O)O)C2CCC(Cl)CC21. The maximum atomic E-state index is 11.4. The summed E-state index contributed by atoms with van der Waals surface area (Å²) >= 11 is 20.6. The van der Waals surface area contributed by atoms with Crippen LogP contribution in [0.25, 0.3) is 0 Å². The van der Waals surface area contributed by atoms with E-state index in [1.165, 1.54) is 11.4 Å². The van der Waals surface area contributed by atoms with E-state index in [4.69, 9.17) is 34.8 Å². The minimum absolute atomic E-state index is 0.111. The lowest BCUT2D eigenvalue weighted by molar-refractivity contribution is -0.566. The van der Waals surface area contributed by atoms with Gasteiger partial charge in [-0.15, -0.1) is 23.2 Å². The minimum Gasteiger partial charge on any atom is -0.371 e. The first-order valence-electron chi connectivity index (χ1n) is 18.9. The molecular formula is C38H58Cl3N2O6S2+.